The predicted octanol–water partition coefficient (Wildman–Crippen LogP) is 0.971. The topological polar surface area (TPSA) is 61.8 Å². The molecular formula is C14H18F2N2O3. The highest BCUT2D eigenvalue weighted by atomic mass is 19.3. The van der Waals surface area contributed by atoms with Crippen molar-refractivity contribution in [3.63, 3.8) is 0 Å². The first kappa shape index (κ1) is 15.7. The summed E-state index contributed by atoms with van der Waals surface area (Å²) in [6.45, 7) is -1.03. The van der Waals surface area contributed by atoms with E-state index in [-0.39, 0.29) is 24.3 Å². The Balaban J connectivity index is 1.73. The van der Waals surface area contributed by atoms with Crippen LogP contribution in [-0.4, -0.2) is 48.3 Å². The molecule has 1 aliphatic heterocycles. The molecule has 0 saturated carbocycles. The summed E-state index contributed by atoms with van der Waals surface area (Å²) in [5.74, 6) is -0.0388. The van der Waals surface area contributed by atoms with E-state index in [9.17, 15) is 18.7 Å². The van der Waals surface area contributed by atoms with Gasteiger partial charge in [0.15, 0.2) is 0 Å². The first-order valence-electron chi connectivity index (χ1n) is 6.74. The van der Waals surface area contributed by atoms with E-state index >= 15 is 0 Å². The highest BCUT2D eigenvalue weighted by Gasteiger charge is 2.21. The predicted molar refractivity (Wildman–Crippen MR) is 72.0 cm³/mol. The number of carbonyl (C=O) groups is 1. The summed E-state index contributed by atoms with van der Waals surface area (Å²) in [6.07, 6.45) is 0.346. The molecule has 5 nitrogen and oxygen atoms in total. The fourth-order valence-corrected chi connectivity index (χ4v) is 2.20. The number of carbonyl (C=O) groups excluding carboxylic acids is 1. The number of halogens is 2. The Bertz CT molecular complexity index is 468. The van der Waals surface area contributed by atoms with Crippen LogP contribution >= 0.6 is 0 Å². The fourth-order valence-electron chi connectivity index (χ4n) is 2.20. The van der Waals surface area contributed by atoms with Crippen LogP contribution in [0.2, 0.25) is 0 Å². The number of hydrogen-bond donors (Lipinski definition) is 2. The van der Waals surface area contributed by atoms with E-state index in [4.69, 9.17) is 0 Å². The standard InChI is InChI=1S/C14H18F2N2O3/c15-14(16)21-12-3-1-10(2-4-12)7-17-13(20)9-18-6-5-11(19)8-18/h1-4,11,14,19H,5-9H2,(H,17,20)/t11-/m0/s1. The number of likely N-dealkylation sites (tertiary alicyclic amines) is 1. The number of aliphatic hydroxyl groups is 1. The van der Waals surface area contributed by atoms with Gasteiger partial charge >= 0.3 is 6.61 Å². The van der Waals surface area contributed by atoms with Crippen LogP contribution in [0.15, 0.2) is 24.3 Å². The molecule has 0 radical (unpaired) electrons. The minimum absolute atomic E-state index is 0.0890. The SMILES string of the molecule is O=C(CN1CC[C@H](O)C1)NCc1ccc(OC(F)F)cc1. The molecule has 116 valence electrons. The van der Waals surface area contributed by atoms with E-state index in [2.05, 4.69) is 10.1 Å². The summed E-state index contributed by atoms with van der Waals surface area (Å²) in [4.78, 5) is 13.6. The van der Waals surface area contributed by atoms with Gasteiger partial charge in [0.2, 0.25) is 5.91 Å². The number of hydrogen-bond acceptors (Lipinski definition) is 4. The molecule has 0 unspecified atom stereocenters. The number of benzene rings is 1. The second kappa shape index (κ2) is 7.33. The fraction of sp³-hybridized carbons (Fsp3) is 0.500. The maximum absolute atomic E-state index is 12.0. The minimum Gasteiger partial charge on any atom is -0.435 e. The highest BCUT2D eigenvalue weighted by molar-refractivity contribution is 5.78. The van der Waals surface area contributed by atoms with Gasteiger partial charge in [0.25, 0.3) is 0 Å². The highest BCUT2D eigenvalue weighted by Crippen LogP contribution is 2.14. The summed E-state index contributed by atoms with van der Waals surface area (Å²) >= 11 is 0. The lowest BCUT2D eigenvalue weighted by Gasteiger charge is -2.14. The third-order valence-electron chi connectivity index (χ3n) is 3.25. The zero-order valence-corrected chi connectivity index (χ0v) is 11.5. The van der Waals surface area contributed by atoms with E-state index in [1.54, 1.807) is 12.1 Å². The Kier molecular flexibility index (Phi) is 5.46. The molecule has 1 heterocycles. The first-order chi connectivity index (χ1) is 10.0. The van der Waals surface area contributed by atoms with Crippen LogP contribution in [0.4, 0.5) is 8.78 Å². The smallest absolute Gasteiger partial charge is 0.387 e. The van der Waals surface area contributed by atoms with Crippen LogP contribution in [0.25, 0.3) is 0 Å². The van der Waals surface area contributed by atoms with Crippen molar-refractivity contribution in [2.45, 2.75) is 25.7 Å². The van der Waals surface area contributed by atoms with Gasteiger partial charge in [0, 0.05) is 19.6 Å². The summed E-state index contributed by atoms with van der Waals surface area (Å²) in [7, 11) is 0. The monoisotopic (exact) mass is 300 g/mol. The molecule has 0 spiro atoms. The molecule has 2 N–H and O–H groups in total. The van der Waals surface area contributed by atoms with E-state index < -0.39 is 6.61 Å². The minimum atomic E-state index is -2.84. The molecule has 0 aromatic heterocycles. The van der Waals surface area contributed by atoms with Gasteiger partial charge in [-0.1, -0.05) is 12.1 Å². The van der Waals surface area contributed by atoms with Crippen molar-refractivity contribution in [3.8, 4) is 5.75 Å². The molecular weight excluding hydrogens is 282 g/mol. The van der Waals surface area contributed by atoms with Crippen LogP contribution in [0.3, 0.4) is 0 Å². The number of aliphatic hydroxyl groups excluding tert-OH is 1. The lowest BCUT2D eigenvalue weighted by molar-refractivity contribution is -0.122. The Hall–Kier alpha value is -1.73. The maximum atomic E-state index is 12.0. The number of nitrogens with zero attached hydrogens (tertiary/aromatic N) is 1. The molecule has 1 aromatic carbocycles. The number of ether oxygens (including phenoxy) is 1. The molecule has 2 rings (SSSR count). The second-order valence-electron chi connectivity index (χ2n) is 4.98. The lowest BCUT2D eigenvalue weighted by Crippen LogP contribution is -2.36. The van der Waals surface area contributed by atoms with Crippen molar-refractivity contribution in [1.82, 2.24) is 10.2 Å². The van der Waals surface area contributed by atoms with Crippen LogP contribution < -0.4 is 10.1 Å². The Morgan fingerprint density at radius 1 is 1.43 bits per heavy atom. The summed E-state index contributed by atoms with van der Waals surface area (Å²) in [5.41, 5.74) is 0.798. The molecule has 1 aliphatic rings. The van der Waals surface area contributed by atoms with Crippen molar-refractivity contribution >= 4 is 5.91 Å². The number of amides is 1. The van der Waals surface area contributed by atoms with Gasteiger partial charge in [-0.15, -0.1) is 0 Å². The van der Waals surface area contributed by atoms with E-state index in [1.807, 2.05) is 4.90 Å². The zero-order valence-electron chi connectivity index (χ0n) is 11.5. The summed E-state index contributed by atoms with van der Waals surface area (Å²) in [5, 5.41) is 12.1. The summed E-state index contributed by atoms with van der Waals surface area (Å²) < 4.78 is 28.2. The van der Waals surface area contributed by atoms with Gasteiger partial charge in [0.1, 0.15) is 5.75 Å². The molecule has 1 saturated heterocycles. The van der Waals surface area contributed by atoms with Crippen molar-refractivity contribution in [1.29, 1.82) is 0 Å². The number of alkyl halides is 2. The van der Waals surface area contributed by atoms with Crippen molar-refractivity contribution in [3.05, 3.63) is 29.8 Å². The number of nitrogens with one attached hydrogen (secondary N) is 1. The largest absolute Gasteiger partial charge is 0.435 e. The molecule has 1 aromatic rings. The average molecular weight is 300 g/mol. The molecule has 7 heteroatoms. The molecule has 1 atom stereocenters. The first-order valence-corrected chi connectivity index (χ1v) is 6.74. The quantitative estimate of drug-likeness (QED) is 0.822. The van der Waals surface area contributed by atoms with Gasteiger partial charge in [-0.05, 0) is 24.1 Å². The third kappa shape index (κ3) is 5.28. The average Bonchev–Trinajstić information content (AvgIpc) is 2.83. The van der Waals surface area contributed by atoms with E-state index in [0.717, 1.165) is 5.56 Å². The number of rotatable bonds is 6. The molecule has 21 heavy (non-hydrogen) atoms. The van der Waals surface area contributed by atoms with Gasteiger partial charge in [-0.2, -0.15) is 8.78 Å². The molecule has 0 bridgehead atoms. The maximum Gasteiger partial charge on any atom is 0.387 e. The third-order valence-corrected chi connectivity index (χ3v) is 3.25. The Labute approximate surface area is 121 Å². The normalized spacial score (nSPS) is 19.0. The van der Waals surface area contributed by atoms with Gasteiger partial charge in [0.05, 0.1) is 12.6 Å². The van der Waals surface area contributed by atoms with Gasteiger partial charge in [-0.3, -0.25) is 9.69 Å². The Morgan fingerprint density at radius 3 is 2.71 bits per heavy atom. The molecule has 0 aliphatic carbocycles. The zero-order chi connectivity index (χ0) is 15.2. The van der Waals surface area contributed by atoms with Crippen molar-refractivity contribution in [2.24, 2.45) is 0 Å². The summed E-state index contributed by atoms with van der Waals surface area (Å²) in [6, 6.07) is 6.12. The van der Waals surface area contributed by atoms with Crippen LogP contribution in [-0.2, 0) is 11.3 Å². The van der Waals surface area contributed by atoms with E-state index in [0.29, 0.717) is 26.1 Å². The van der Waals surface area contributed by atoms with Crippen molar-refractivity contribution in [2.75, 3.05) is 19.6 Å². The second-order valence-corrected chi connectivity index (χ2v) is 4.98. The van der Waals surface area contributed by atoms with Gasteiger partial charge < -0.3 is 15.2 Å². The van der Waals surface area contributed by atoms with Crippen molar-refractivity contribution < 1.29 is 23.4 Å². The van der Waals surface area contributed by atoms with Crippen LogP contribution in [0.1, 0.15) is 12.0 Å². The van der Waals surface area contributed by atoms with E-state index in [1.165, 1.54) is 12.1 Å². The lowest BCUT2D eigenvalue weighted by atomic mass is 10.2. The molecule has 1 amide bonds. The van der Waals surface area contributed by atoms with Gasteiger partial charge in [-0.25, -0.2) is 0 Å². The Morgan fingerprint density at radius 2 is 2.14 bits per heavy atom. The number of β-amino-alcohol motifs (C(OH)–C–C–N with tert-alkyl or cyclic N) is 1. The van der Waals surface area contributed by atoms with Crippen LogP contribution in [0, 0.1) is 0 Å². The molecule has 1 fully saturated rings. The van der Waals surface area contributed by atoms with Crippen LogP contribution in [0.5, 0.6) is 5.75 Å².